The van der Waals surface area contributed by atoms with Gasteiger partial charge >= 0.3 is 0 Å². The Hall–Kier alpha value is -0.770. The highest BCUT2D eigenvalue weighted by Crippen LogP contribution is 2.27. The van der Waals surface area contributed by atoms with Gasteiger partial charge in [0.25, 0.3) is 5.92 Å². The average Bonchev–Trinajstić information content (AvgIpc) is 2.07. The Morgan fingerprint density at radius 3 is 2.50 bits per heavy atom. The summed E-state index contributed by atoms with van der Waals surface area (Å²) in [6.45, 7) is 2.89. The Morgan fingerprint density at radius 1 is 1.43 bits per heavy atom. The summed E-state index contributed by atoms with van der Waals surface area (Å²) in [5, 5.41) is 0. The van der Waals surface area contributed by atoms with Crippen LogP contribution in [0.2, 0.25) is 0 Å². The van der Waals surface area contributed by atoms with E-state index in [0.717, 1.165) is 0 Å². The minimum absolute atomic E-state index is 0.00709. The van der Waals surface area contributed by atoms with Gasteiger partial charge < -0.3 is 0 Å². The number of hydrogen-bond donors (Lipinski definition) is 0. The molecule has 0 aromatic carbocycles. The molecule has 1 rings (SSSR count). The van der Waals surface area contributed by atoms with Crippen LogP contribution in [0.25, 0.3) is 0 Å². The van der Waals surface area contributed by atoms with Crippen LogP contribution < -0.4 is 0 Å². The third kappa shape index (κ3) is 3.96. The van der Waals surface area contributed by atoms with Gasteiger partial charge in [0.2, 0.25) is 0 Å². The van der Waals surface area contributed by atoms with E-state index in [9.17, 15) is 13.6 Å². The molecule has 0 radical (unpaired) electrons. The van der Waals surface area contributed by atoms with E-state index in [-0.39, 0.29) is 18.6 Å². The first kappa shape index (κ1) is 11.3. The summed E-state index contributed by atoms with van der Waals surface area (Å²) in [4.78, 5) is 12.5. The number of allylic oxidation sites excluding steroid dienone is 1. The number of ketones is 1. The van der Waals surface area contributed by atoms with Crippen LogP contribution in [0.15, 0.2) is 12.2 Å². The van der Waals surface area contributed by atoms with E-state index in [1.807, 2.05) is 4.90 Å². The Balaban J connectivity index is 2.26. The molecule has 2 nitrogen and oxygen atoms in total. The van der Waals surface area contributed by atoms with Gasteiger partial charge in [-0.05, 0) is 13.0 Å². The lowest BCUT2D eigenvalue weighted by Gasteiger charge is -2.30. The van der Waals surface area contributed by atoms with Crippen molar-refractivity contribution in [3.8, 4) is 0 Å². The molecule has 0 unspecified atom stereocenters. The summed E-state index contributed by atoms with van der Waals surface area (Å²) in [5.74, 6) is -2.49. The van der Waals surface area contributed by atoms with Gasteiger partial charge in [-0.25, -0.2) is 8.78 Å². The van der Waals surface area contributed by atoms with Crippen molar-refractivity contribution >= 4 is 5.78 Å². The smallest absolute Gasteiger partial charge is 0.250 e. The number of halogens is 2. The molecule has 0 aliphatic carbocycles. The van der Waals surface area contributed by atoms with Crippen molar-refractivity contribution in [3.05, 3.63) is 12.2 Å². The van der Waals surface area contributed by atoms with Gasteiger partial charge in [-0.1, -0.05) is 6.08 Å². The van der Waals surface area contributed by atoms with Gasteiger partial charge in [0.05, 0.1) is 0 Å². The molecule has 14 heavy (non-hydrogen) atoms. The number of hydrogen-bond acceptors (Lipinski definition) is 2. The zero-order valence-electron chi connectivity index (χ0n) is 8.30. The zero-order chi connectivity index (χ0) is 10.6. The molecular formula is C10H15F2NO. The summed E-state index contributed by atoms with van der Waals surface area (Å²) < 4.78 is 25.5. The van der Waals surface area contributed by atoms with Crippen LogP contribution in [0.4, 0.5) is 8.78 Å². The van der Waals surface area contributed by atoms with E-state index in [4.69, 9.17) is 0 Å². The maximum absolute atomic E-state index is 12.7. The number of carbonyl (C=O) groups excluding carboxylic acids is 1. The van der Waals surface area contributed by atoms with E-state index in [1.165, 1.54) is 13.0 Å². The Labute approximate surface area is 82.6 Å². The van der Waals surface area contributed by atoms with E-state index in [0.29, 0.717) is 19.6 Å². The minimum Gasteiger partial charge on any atom is -0.299 e. The van der Waals surface area contributed by atoms with Gasteiger partial charge in [0, 0.05) is 32.5 Å². The van der Waals surface area contributed by atoms with E-state index < -0.39 is 5.92 Å². The topological polar surface area (TPSA) is 20.3 Å². The highest BCUT2D eigenvalue weighted by molar-refractivity contribution is 5.87. The van der Waals surface area contributed by atoms with Crippen molar-refractivity contribution in [2.45, 2.75) is 25.7 Å². The van der Waals surface area contributed by atoms with Crippen molar-refractivity contribution < 1.29 is 13.6 Å². The van der Waals surface area contributed by atoms with E-state index >= 15 is 0 Å². The zero-order valence-corrected chi connectivity index (χ0v) is 8.30. The van der Waals surface area contributed by atoms with Gasteiger partial charge in [-0.3, -0.25) is 9.69 Å². The van der Waals surface area contributed by atoms with Crippen LogP contribution in [0.3, 0.4) is 0 Å². The third-order valence-electron chi connectivity index (χ3n) is 2.30. The molecule has 0 bridgehead atoms. The second-order valence-corrected chi connectivity index (χ2v) is 3.67. The van der Waals surface area contributed by atoms with Crippen molar-refractivity contribution in [1.29, 1.82) is 0 Å². The predicted molar refractivity (Wildman–Crippen MR) is 50.4 cm³/mol. The molecule has 1 aliphatic heterocycles. The molecular weight excluding hydrogens is 188 g/mol. The molecule has 0 amide bonds. The Kier molecular flexibility index (Phi) is 3.75. The van der Waals surface area contributed by atoms with Crippen LogP contribution in [0.1, 0.15) is 19.8 Å². The summed E-state index contributed by atoms with van der Waals surface area (Å²) in [6, 6.07) is 0. The lowest BCUT2D eigenvalue weighted by atomic mass is 10.1. The molecule has 1 heterocycles. The fraction of sp³-hybridized carbons (Fsp3) is 0.700. The summed E-state index contributed by atoms with van der Waals surface area (Å²) in [6.07, 6.45) is 3.07. The number of alkyl halides is 2. The van der Waals surface area contributed by atoms with Crippen molar-refractivity contribution in [2.24, 2.45) is 0 Å². The summed E-state index contributed by atoms with van der Waals surface area (Å²) in [7, 11) is 0. The van der Waals surface area contributed by atoms with Crippen LogP contribution in [0.5, 0.6) is 0 Å². The van der Waals surface area contributed by atoms with Crippen LogP contribution in [-0.4, -0.2) is 36.2 Å². The number of likely N-dealkylation sites (tertiary alicyclic amines) is 1. The third-order valence-corrected chi connectivity index (χ3v) is 2.30. The maximum atomic E-state index is 12.7. The quantitative estimate of drug-likeness (QED) is 0.652. The molecule has 0 aromatic heterocycles. The second kappa shape index (κ2) is 4.64. The van der Waals surface area contributed by atoms with Crippen LogP contribution in [-0.2, 0) is 4.79 Å². The Morgan fingerprint density at radius 2 is 2.00 bits per heavy atom. The first-order valence-electron chi connectivity index (χ1n) is 4.77. The fourth-order valence-corrected chi connectivity index (χ4v) is 1.43. The summed E-state index contributed by atoms with van der Waals surface area (Å²) in [5.41, 5.74) is 0. The SMILES string of the molecule is CC(=O)/C=C/CN1CCC(F)(F)CC1. The highest BCUT2D eigenvalue weighted by atomic mass is 19.3. The fourth-order valence-electron chi connectivity index (χ4n) is 1.43. The number of piperidine rings is 1. The molecule has 1 saturated heterocycles. The molecule has 0 aromatic rings. The lowest BCUT2D eigenvalue weighted by molar-refractivity contribution is -0.112. The van der Waals surface area contributed by atoms with Crippen LogP contribution >= 0.6 is 0 Å². The first-order valence-corrected chi connectivity index (χ1v) is 4.77. The highest BCUT2D eigenvalue weighted by Gasteiger charge is 2.33. The number of carbonyl (C=O) groups is 1. The predicted octanol–water partition coefficient (Wildman–Crippen LogP) is 1.86. The van der Waals surface area contributed by atoms with Crippen molar-refractivity contribution in [1.82, 2.24) is 4.90 Å². The van der Waals surface area contributed by atoms with Crippen LogP contribution in [0, 0.1) is 0 Å². The number of rotatable bonds is 3. The molecule has 4 heteroatoms. The average molecular weight is 203 g/mol. The molecule has 1 aliphatic rings. The largest absolute Gasteiger partial charge is 0.299 e. The maximum Gasteiger partial charge on any atom is 0.250 e. The van der Waals surface area contributed by atoms with Gasteiger partial charge in [-0.2, -0.15) is 0 Å². The summed E-state index contributed by atoms with van der Waals surface area (Å²) >= 11 is 0. The van der Waals surface area contributed by atoms with Gasteiger partial charge in [0.15, 0.2) is 5.78 Å². The van der Waals surface area contributed by atoms with Gasteiger partial charge in [-0.15, -0.1) is 0 Å². The van der Waals surface area contributed by atoms with E-state index in [1.54, 1.807) is 6.08 Å². The Bertz CT molecular complexity index is 228. The monoisotopic (exact) mass is 203 g/mol. The van der Waals surface area contributed by atoms with Crippen molar-refractivity contribution in [3.63, 3.8) is 0 Å². The second-order valence-electron chi connectivity index (χ2n) is 3.67. The normalized spacial score (nSPS) is 22.8. The first-order chi connectivity index (χ1) is 6.49. The molecule has 80 valence electrons. The van der Waals surface area contributed by atoms with E-state index in [2.05, 4.69) is 0 Å². The molecule has 0 N–H and O–H groups in total. The van der Waals surface area contributed by atoms with Gasteiger partial charge in [0.1, 0.15) is 0 Å². The molecule has 0 atom stereocenters. The number of nitrogens with zero attached hydrogens (tertiary/aromatic N) is 1. The molecule has 0 spiro atoms. The van der Waals surface area contributed by atoms with Crippen molar-refractivity contribution in [2.75, 3.05) is 19.6 Å². The standard InChI is InChI=1S/C10H15F2NO/c1-9(14)3-2-6-13-7-4-10(11,12)5-8-13/h2-3H,4-8H2,1H3/b3-2+. The molecule has 0 saturated carbocycles. The lowest BCUT2D eigenvalue weighted by Crippen LogP contribution is -2.39. The minimum atomic E-state index is -2.49. The molecule has 1 fully saturated rings.